The largest absolute Gasteiger partial charge is 0.466 e. The molecule has 0 radical (unpaired) electrons. The quantitative estimate of drug-likeness (QED) is 0.289. The third kappa shape index (κ3) is 9.56. The molecule has 0 saturated carbocycles. The minimum atomic E-state index is -0.248. The smallest absolute Gasteiger partial charge is 0.311 e. The monoisotopic (exact) mass is 354 g/mol. The molecule has 0 aliphatic rings. The number of para-hydroxylation sites is 1. The number of carbonyl (C=O) groups excluding carboxylic acids is 2. The molecule has 0 fully saturated rings. The molecule has 1 aromatic rings. The Morgan fingerprint density at radius 3 is 2.12 bits per heavy atom. The fraction of sp³-hybridized carbons (Fsp3) is 0.579. The first-order valence-electron chi connectivity index (χ1n) is 8.74. The summed E-state index contributed by atoms with van der Waals surface area (Å²) in [7, 11) is 0. The number of ether oxygens (including phenoxy) is 2. The highest BCUT2D eigenvalue weighted by molar-refractivity contribution is 6.32. The summed E-state index contributed by atoms with van der Waals surface area (Å²) >= 11 is 5.94. The number of esters is 2. The third-order valence-corrected chi connectivity index (χ3v) is 3.85. The second-order valence-electron chi connectivity index (χ2n) is 5.75. The van der Waals surface area contributed by atoms with Gasteiger partial charge in [0.2, 0.25) is 0 Å². The lowest BCUT2D eigenvalue weighted by Crippen LogP contribution is -2.07. The molecule has 1 rings (SSSR count). The van der Waals surface area contributed by atoms with Crippen molar-refractivity contribution in [3.8, 4) is 5.75 Å². The number of carbonyl (C=O) groups is 2. The van der Waals surface area contributed by atoms with Crippen molar-refractivity contribution in [2.45, 2.75) is 64.7 Å². The van der Waals surface area contributed by atoms with Gasteiger partial charge in [0.15, 0.2) is 0 Å². The molecule has 0 aliphatic carbocycles. The van der Waals surface area contributed by atoms with Crippen LogP contribution in [0.25, 0.3) is 0 Å². The van der Waals surface area contributed by atoms with Crippen LogP contribution in [0.1, 0.15) is 64.7 Å². The van der Waals surface area contributed by atoms with E-state index in [1.807, 2.05) is 6.92 Å². The van der Waals surface area contributed by atoms with Crippen LogP contribution in [0.15, 0.2) is 24.3 Å². The maximum Gasteiger partial charge on any atom is 0.311 e. The van der Waals surface area contributed by atoms with E-state index in [0.717, 1.165) is 44.9 Å². The Hall–Kier alpha value is -1.55. The molecule has 24 heavy (non-hydrogen) atoms. The second kappa shape index (κ2) is 12.8. The van der Waals surface area contributed by atoms with Gasteiger partial charge in [0, 0.05) is 12.8 Å². The maximum atomic E-state index is 11.7. The van der Waals surface area contributed by atoms with Gasteiger partial charge in [-0.1, -0.05) is 56.3 Å². The first kappa shape index (κ1) is 20.5. The van der Waals surface area contributed by atoms with Crippen molar-refractivity contribution in [1.29, 1.82) is 0 Å². The van der Waals surface area contributed by atoms with Gasteiger partial charge in [-0.25, -0.2) is 0 Å². The Morgan fingerprint density at radius 2 is 1.50 bits per heavy atom. The molecule has 0 unspecified atom stereocenters. The van der Waals surface area contributed by atoms with Crippen molar-refractivity contribution in [3.63, 3.8) is 0 Å². The molecular weight excluding hydrogens is 328 g/mol. The zero-order valence-electron chi connectivity index (χ0n) is 14.4. The fourth-order valence-electron chi connectivity index (χ4n) is 2.24. The standard InChI is InChI=1S/C19H27ClO4/c1-2-15-23-18(21)13-7-5-3-4-6-8-14-19(22)24-17-12-10-9-11-16(17)20/h9-12H,2-8,13-15H2,1H3. The highest BCUT2D eigenvalue weighted by Crippen LogP contribution is 2.23. The predicted octanol–water partition coefficient (Wildman–Crippen LogP) is 5.32. The molecule has 4 nitrogen and oxygen atoms in total. The van der Waals surface area contributed by atoms with Gasteiger partial charge in [-0.05, 0) is 31.4 Å². The molecule has 0 aromatic heterocycles. The van der Waals surface area contributed by atoms with Crippen molar-refractivity contribution in [2.24, 2.45) is 0 Å². The number of benzene rings is 1. The Balaban J connectivity index is 1.97. The molecule has 0 bridgehead atoms. The molecule has 5 heteroatoms. The molecule has 0 N–H and O–H groups in total. The van der Waals surface area contributed by atoms with Crippen LogP contribution < -0.4 is 4.74 Å². The highest BCUT2D eigenvalue weighted by atomic mass is 35.5. The van der Waals surface area contributed by atoms with Crippen molar-refractivity contribution >= 4 is 23.5 Å². The average molecular weight is 355 g/mol. The number of hydrogen-bond donors (Lipinski definition) is 0. The van der Waals surface area contributed by atoms with Crippen molar-refractivity contribution in [3.05, 3.63) is 29.3 Å². The van der Waals surface area contributed by atoms with Gasteiger partial charge in [-0.15, -0.1) is 0 Å². The predicted molar refractivity (Wildman–Crippen MR) is 95.3 cm³/mol. The van der Waals surface area contributed by atoms with Gasteiger partial charge in [0.1, 0.15) is 5.75 Å². The van der Waals surface area contributed by atoms with Crippen LogP contribution in [0.2, 0.25) is 5.02 Å². The van der Waals surface area contributed by atoms with Gasteiger partial charge in [-0.2, -0.15) is 0 Å². The van der Waals surface area contributed by atoms with E-state index in [1.54, 1.807) is 24.3 Å². The second-order valence-corrected chi connectivity index (χ2v) is 6.15. The molecule has 0 heterocycles. The van der Waals surface area contributed by atoms with E-state index in [-0.39, 0.29) is 11.9 Å². The normalized spacial score (nSPS) is 10.4. The summed E-state index contributed by atoms with van der Waals surface area (Å²) in [5, 5.41) is 0.448. The number of hydrogen-bond acceptors (Lipinski definition) is 4. The number of unbranched alkanes of at least 4 members (excludes halogenated alkanes) is 5. The molecule has 1 aromatic carbocycles. The van der Waals surface area contributed by atoms with Crippen molar-refractivity contribution in [1.82, 2.24) is 0 Å². The Bertz CT molecular complexity index is 502. The lowest BCUT2D eigenvalue weighted by Gasteiger charge is -2.06. The summed E-state index contributed by atoms with van der Waals surface area (Å²) in [5.74, 6) is 0.0695. The van der Waals surface area contributed by atoms with Crippen LogP contribution in [0.4, 0.5) is 0 Å². The van der Waals surface area contributed by atoms with E-state index in [4.69, 9.17) is 21.1 Å². The van der Waals surface area contributed by atoms with Gasteiger partial charge < -0.3 is 9.47 Å². The van der Waals surface area contributed by atoms with Gasteiger partial charge in [0.25, 0.3) is 0 Å². The topological polar surface area (TPSA) is 52.6 Å². The third-order valence-electron chi connectivity index (χ3n) is 3.54. The summed E-state index contributed by atoms with van der Waals surface area (Å²) in [4.78, 5) is 23.0. The molecule has 0 saturated heterocycles. The molecule has 0 aliphatic heterocycles. The molecular formula is C19H27ClO4. The molecule has 0 spiro atoms. The first-order chi connectivity index (χ1) is 11.6. The van der Waals surface area contributed by atoms with E-state index in [0.29, 0.717) is 30.2 Å². The van der Waals surface area contributed by atoms with Crippen molar-refractivity contribution in [2.75, 3.05) is 6.61 Å². The summed E-state index contributed by atoms with van der Waals surface area (Å²) in [6.07, 6.45) is 7.58. The van der Waals surface area contributed by atoms with E-state index in [1.165, 1.54) is 0 Å². The van der Waals surface area contributed by atoms with Crippen LogP contribution in [0.3, 0.4) is 0 Å². The maximum absolute atomic E-state index is 11.7. The minimum Gasteiger partial charge on any atom is -0.466 e. The summed E-state index contributed by atoms with van der Waals surface area (Å²) in [5.41, 5.74) is 0. The lowest BCUT2D eigenvalue weighted by atomic mass is 10.1. The van der Waals surface area contributed by atoms with E-state index < -0.39 is 0 Å². The van der Waals surface area contributed by atoms with Crippen LogP contribution in [0, 0.1) is 0 Å². The van der Waals surface area contributed by atoms with E-state index in [2.05, 4.69) is 0 Å². The molecule has 0 amide bonds. The van der Waals surface area contributed by atoms with Crippen LogP contribution in [-0.2, 0) is 14.3 Å². The zero-order valence-corrected chi connectivity index (χ0v) is 15.1. The van der Waals surface area contributed by atoms with Gasteiger partial charge in [0.05, 0.1) is 11.6 Å². The number of halogens is 1. The minimum absolute atomic E-state index is 0.0980. The van der Waals surface area contributed by atoms with E-state index >= 15 is 0 Å². The van der Waals surface area contributed by atoms with Crippen molar-refractivity contribution < 1.29 is 19.1 Å². The first-order valence-corrected chi connectivity index (χ1v) is 9.12. The van der Waals surface area contributed by atoms with E-state index in [9.17, 15) is 9.59 Å². The summed E-state index contributed by atoms with van der Waals surface area (Å²) < 4.78 is 10.2. The SMILES string of the molecule is CCCOC(=O)CCCCCCCCC(=O)Oc1ccccc1Cl. The number of rotatable bonds is 12. The Labute approximate surface area is 149 Å². The Kier molecular flexibility index (Phi) is 10.9. The summed E-state index contributed by atoms with van der Waals surface area (Å²) in [6, 6.07) is 6.96. The average Bonchev–Trinajstić information content (AvgIpc) is 2.57. The van der Waals surface area contributed by atoms with Crippen LogP contribution in [0.5, 0.6) is 5.75 Å². The van der Waals surface area contributed by atoms with Crippen LogP contribution in [-0.4, -0.2) is 18.5 Å². The summed E-state index contributed by atoms with van der Waals surface area (Å²) in [6.45, 7) is 2.50. The Morgan fingerprint density at radius 1 is 0.917 bits per heavy atom. The lowest BCUT2D eigenvalue weighted by molar-refractivity contribution is -0.143. The van der Waals surface area contributed by atoms with Gasteiger partial charge in [-0.3, -0.25) is 9.59 Å². The fourth-order valence-corrected chi connectivity index (χ4v) is 2.41. The molecule has 134 valence electrons. The van der Waals surface area contributed by atoms with Gasteiger partial charge >= 0.3 is 11.9 Å². The molecule has 0 atom stereocenters. The zero-order chi connectivity index (χ0) is 17.6. The van der Waals surface area contributed by atoms with Crippen LogP contribution >= 0.6 is 11.6 Å². The highest BCUT2D eigenvalue weighted by Gasteiger charge is 2.07.